The number of benzene rings is 2. The van der Waals surface area contributed by atoms with Gasteiger partial charge in [-0.1, -0.05) is 48.4 Å². The van der Waals surface area contributed by atoms with Crippen molar-refractivity contribution < 1.29 is 9.53 Å². The molecule has 19 heavy (non-hydrogen) atoms. The minimum Gasteiger partial charge on any atom is -0.468 e. The highest BCUT2D eigenvalue weighted by Crippen LogP contribution is 2.25. The molecular weight excluding hydrogens is 238 g/mol. The first-order valence-corrected chi connectivity index (χ1v) is 6.00. The first-order valence-electron chi connectivity index (χ1n) is 6.00. The van der Waals surface area contributed by atoms with Crippen molar-refractivity contribution in [1.29, 1.82) is 0 Å². The fourth-order valence-electron chi connectivity index (χ4n) is 2.10. The zero-order chi connectivity index (χ0) is 13.7. The predicted octanol–water partition coefficient (Wildman–Crippen LogP) is 2.28. The second kappa shape index (κ2) is 6.03. The van der Waals surface area contributed by atoms with Crippen LogP contribution in [0.15, 0.2) is 42.5 Å². The maximum Gasteiger partial charge on any atom is 0.327 e. The van der Waals surface area contributed by atoms with Crippen molar-refractivity contribution in [2.75, 3.05) is 13.7 Å². The first-order chi connectivity index (χ1) is 9.27. The molecule has 2 aromatic rings. The summed E-state index contributed by atoms with van der Waals surface area (Å²) < 4.78 is 4.84. The molecule has 1 N–H and O–H groups in total. The molecule has 0 spiro atoms. The number of rotatable bonds is 4. The minimum atomic E-state index is -0.549. The van der Waals surface area contributed by atoms with Gasteiger partial charge in [0.25, 0.3) is 0 Å². The Hall–Kier alpha value is -2.31. The van der Waals surface area contributed by atoms with Crippen molar-refractivity contribution >= 4 is 16.7 Å². The molecule has 0 fully saturated rings. The van der Waals surface area contributed by atoms with Gasteiger partial charge in [-0.25, -0.2) is 4.79 Å². The Labute approximate surface area is 112 Å². The summed E-state index contributed by atoms with van der Waals surface area (Å²) in [5.41, 5.74) is 0.875. The van der Waals surface area contributed by atoms with E-state index in [2.05, 4.69) is 11.2 Å². The summed E-state index contributed by atoms with van der Waals surface area (Å²) in [5.74, 6) is 2.13. The fraction of sp³-hybridized carbons (Fsp3) is 0.188. The number of hydrogen-bond acceptors (Lipinski definition) is 3. The van der Waals surface area contributed by atoms with E-state index in [9.17, 15) is 4.79 Å². The number of fused-ring (bicyclic) bond motifs is 1. The number of terminal acetylenes is 1. The summed E-state index contributed by atoms with van der Waals surface area (Å²) in [7, 11) is 1.37. The SMILES string of the molecule is C#CCNC(C(=O)OC)c1cccc2ccccc12. The Morgan fingerprint density at radius 1 is 1.32 bits per heavy atom. The molecule has 1 unspecified atom stereocenters. The molecule has 3 heteroatoms. The van der Waals surface area contributed by atoms with Crippen molar-refractivity contribution in [2.24, 2.45) is 0 Å². The summed E-state index contributed by atoms with van der Waals surface area (Å²) in [4.78, 5) is 11.9. The van der Waals surface area contributed by atoms with E-state index in [0.29, 0.717) is 6.54 Å². The quantitative estimate of drug-likeness (QED) is 0.671. The number of ether oxygens (including phenoxy) is 1. The van der Waals surface area contributed by atoms with Gasteiger partial charge in [-0.15, -0.1) is 6.42 Å². The van der Waals surface area contributed by atoms with Gasteiger partial charge < -0.3 is 4.74 Å². The second-order valence-electron chi connectivity index (χ2n) is 4.11. The maximum atomic E-state index is 11.9. The summed E-state index contributed by atoms with van der Waals surface area (Å²) in [6, 6.07) is 13.2. The lowest BCUT2D eigenvalue weighted by Crippen LogP contribution is -2.30. The van der Waals surface area contributed by atoms with Gasteiger partial charge in [0.05, 0.1) is 13.7 Å². The van der Waals surface area contributed by atoms with Crippen LogP contribution in [0.1, 0.15) is 11.6 Å². The lowest BCUT2D eigenvalue weighted by Gasteiger charge is -2.17. The molecule has 0 radical (unpaired) electrons. The third kappa shape index (κ3) is 2.75. The molecule has 2 aromatic carbocycles. The first kappa shape index (κ1) is 13.1. The highest BCUT2D eigenvalue weighted by atomic mass is 16.5. The maximum absolute atomic E-state index is 11.9. The van der Waals surface area contributed by atoms with E-state index in [1.165, 1.54) is 7.11 Å². The van der Waals surface area contributed by atoms with Crippen molar-refractivity contribution in [2.45, 2.75) is 6.04 Å². The smallest absolute Gasteiger partial charge is 0.327 e. The molecule has 0 aliphatic rings. The van der Waals surface area contributed by atoms with Crippen molar-refractivity contribution in [3.05, 3.63) is 48.0 Å². The van der Waals surface area contributed by atoms with E-state index >= 15 is 0 Å². The van der Waals surface area contributed by atoms with Crippen LogP contribution in [-0.4, -0.2) is 19.6 Å². The summed E-state index contributed by atoms with van der Waals surface area (Å²) in [6.07, 6.45) is 5.24. The van der Waals surface area contributed by atoms with Crippen molar-refractivity contribution in [1.82, 2.24) is 5.32 Å². The topological polar surface area (TPSA) is 38.3 Å². The number of carbonyl (C=O) groups excluding carboxylic acids is 1. The van der Waals surface area contributed by atoms with Crippen LogP contribution in [-0.2, 0) is 9.53 Å². The van der Waals surface area contributed by atoms with Gasteiger partial charge in [-0.2, -0.15) is 0 Å². The largest absolute Gasteiger partial charge is 0.468 e. The monoisotopic (exact) mass is 253 g/mol. The summed E-state index contributed by atoms with van der Waals surface area (Å²) in [6.45, 7) is 0.309. The third-order valence-corrected chi connectivity index (χ3v) is 2.98. The third-order valence-electron chi connectivity index (χ3n) is 2.98. The molecule has 0 saturated carbocycles. The minimum absolute atomic E-state index is 0.309. The molecule has 0 amide bonds. The highest BCUT2D eigenvalue weighted by Gasteiger charge is 2.22. The van der Waals surface area contributed by atoms with E-state index in [1.54, 1.807) is 0 Å². The van der Waals surface area contributed by atoms with E-state index in [1.807, 2.05) is 42.5 Å². The Morgan fingerprint density at radius 3 is 2.79 bits per heavy atom. The van der Waals surface area contributed by atoms with Gasteiger partial charge in [0.2, 0.25) is 0 Å². The zero-order valence-electron chi connectivity index (χ0n) is 10.7. The molecular formula is C16H15NO2. The molecule has 1 atom stereocenters. The van der Waals surface area contributed by atoms with Gasteiger partial charge in [-0.05, 0) is 16.3 Å². The van der Waals surface area contributed by atoms with Crippen LogP contribution in [0.3, 0.4) is 0 Å². The normalized spacial score (nSPS) is 11.8. The predicted molar refractivity (Wildman–Crippen MR) is 75.5 cm³/mol. The second-order valence-corrected chi connectivity index (χ2v) is 4.11. The summed E-state index contributed by atoms with van der Waals surface area (Å²) in [5, 5.41) is 5.12. The highest BCUT2D eigenvalue weighted by molar-refractivity contribution is 5.91. The van der Waals surface area contributed by atoms with Crippen LogP contribution >= 0.6 is 0 Å². The van der Waals surface area contributed by atoms with Crippen LogP contribution in [0, 0.1) is 12.3 Å². The van der Waals surface area contributed by atoms with Crippen molar-refractivity contribution in [3.8, 4) is 12.3 Å². The number of nitrogens with one attached hydrogen (secondary N) is 1. The van der Waals surface area contributed by atoms with Crippen LogP contribution in [0.4, 0.5) is 0 Å². The fourth-order valence-corrected chi connectivity index (χ4v) is 2.10. The lowest BCUT2D eigenvalue weighted by atomic mass is 9.98. The molecule has 2 rings (SSSR count). The van der Waals surface area contributed by atoms with Gasteiger partial charge in [0.1, 0.15) is 6.04 Å². The van der Waals surface area contributed by atoms with Crippen LogP contribution in [0.2, 0.25) is 0 Å². The van der Waals surface area contributed by atoms with E-state index in [-0.39, 0.29) is 5.97 Å². The van der Waals surface area contributed by atoms with Gasteiger partial charge in [-0.3, -0.25) is 5.32 Å². The molecule has 3 nitrogen and oxygen atoms in total. The molecule has 0 heterocycles. The van der Waals surface area contributed by atoms with E-state index < -0.39 is 6.04 Å². The number of carbonyl (C=O) groups is 1. The number of methoxy groups -OCH3 is 1. The standard InChI is InChI=1S/C16H15NO2/c1-3-11-17-15(16(18)19-2)14-10-6-8-12-7-4-5-9-13(12)14/h1,4-10,15,17H,11H2,2H3. The van der Waals surface area contributed by atoms with Crippen LogP contribution in [0.25, 0.3) is 10.8 Å². The van der Waals surface area contributed by atoms with Crippen LogP contribution < -0.4 is 5.32 Å². The number of hydrogen-bond donors (Lipinski definition) is 1. The Morgan fingerprint density at radius 2 is 2.05 bits per heavy atom. The Bertz CT molecular complexity index is 623. The van der Waals surface area contributed by atoms with Crippen molar-refractivity contribution in [3.63, 3.8) is 0 Å². The van der Waals surface area contributed by atoms with E-state index in [0.717, 1.165) is 16.3 Å². The molecule has 0 aromatic heterocycles. The van der Waals surface area contributed by atoms with E-state index in [4.69, 9.17) is 11.2 Å². The molecule has 0 bridgehead atoms. The van der Waals surface area contributed by atoms with Gasteiger partial charge in [0, 0.05) is 0 Å². The zero-order valence-corrected chi connectivity index (χ0v) is 10.7. The Kier molecular flexibility index (Phi) is 4.17. The average Bonchev–Trinajstić information content (AvgIpc) is 2.47. The molecule has 0 aliphatic heterocycles. The Balaban J connectivity index is 2.49. The molecule has 96 valence electrons. The molecule has 0 saturated heterocycles. The lowest BCUT2D eigenvalue weighted by molar-refractivity contribution is -0.143. The molecule has 0 aliphatic carbocycles. The van der Waals surface area contributed by atoms with Gasteiger partial charge in [0.15, 0.2) is 0 Å². The average molecular weight is 253 g/mol. The summed E-state index contributed by atoms with van der Waals surface area (Å²) >= 11 is 0. The number of esters is 1. The van der Waals surface area contributed by atoms with Gasteiger partial charge >= 0.3 is 5.97 Å². The van der Waals surface area contributed by atoms with Crippen LogP contribution in [0.5, 0.6) is 0 Å².